The first-order valence-corrected chi connectivity index (χ1v) is 16.7. The largest absolute Gasteiger partial charge is 0.508 e. The van der Waals surface area contributed by atoms with E-state index >= 15 is 0 Å². The van der Waals surface area contributed by atoms with Gasteiger partial charge in [-0.15, -0.1) is 0 Å². The number of benzene rings is 2. The second-order valence-electron chi connectivity index (χ2n) is 15.7. The molecule has 0 spiro atoms. The fraction of sp³-hybridized carbons (Fsp3) is 0.682. The molecule has 50 heavy (non-hydrogen) atoms. The third-order valence-electron chi connectivity index (χ3n) is 10.2. The predicted molar refractivity (Wildman–Crippen MR) is 212 cm³/mol. The Morgan fingerprint density at radius 2 is 1.22 bits per heavy atom. The maximum Gasteiger partial charge on any atom is 0.344 e. The summed E-state index contributed by atoms with van der Waals surface area (Å²) in [6.45, 7) is 11.7. The van der Waals surface area contributed by atoms with Crippen molar-refractivity contribution in [1.82, 2.24) is 0 Å². The van der Waals surface area contributed by atoms with E-state index in [4.69, 9.17) is 14.2 Å². The lowest BCUT2D eigenvalue weighted by molar-refractivity contribution is -0.188. The first kappa shape index (κ1) is 49.1. The van der Waals surface area contributed by atoms with Crippen LogP contribution in [0.15, 0.2) is 48.5 Å². The minimum absolute atomic E-state index is 0. The van der Waals surface area contributed by atoms with Gasteiger partial charge in [0.2, 0.25) is 0 Å². The summed E-state index contributed by atoms with van der Waals surface area (Å²) in [4.78, 5) is 26.1. The maximum absolute atomic E-state index is 13.2. The van der Waals surface area contributed by atoms with Crippen LogP contribution in [0.5, 0.6) is 11.5 Å². The SMILES string of the molecule is C.C.C.C.C.C.CCC(CC(CC(C)(C)C(=O)OC(C)(C)C)c1ccc(OCC(=O)OC23CC4CC(CC(C4)C2)C3)cc1)c1ccc(O)cc1. The van der Waals surface area contributed by atoms with Crippen molar-refractivity contribution in [2.24, 2.45) is 23.2 Å². The molecule has 4 fully saturated rings. The molecule has 4 aliphatic rings. The number of hydrogen-bond acceptors (Lipinski definition) is 6. The van der Waals surface area contributed by atoms with Crippen molar-refractivity contribution in [1.29, 1.82) is 0 Å². The van der Waals surface area contributed by atoms with E-state index in [9.17, 15) is 14.7 Å². The molecule has 4 saturated carbocycles. The first-order chi connectivity index (χ1) is 20.7. The average Bonchev–Trinajstić information content (AvgIpc) is 2.93. The summed E-state index contributed by atoms with van der Waals surface area (Å²) < 4.78 is 17.8. The summed E-state index contributed by atoms with van der Waals surface area (Å²) >= 11 is 0. The molecule has 0 aliphatic heterocycles. The molecule has 0 amide bonds. The Bertz CT molecular complexity index is 1250. The van der Waals surface area contributed by atoms with E-state index in [0.717, 1.165) is 55.4 Å². The summed E-state index contributed by atoms with van der Waals surface area (Å²) in [7, 11) is 0. The van der Waals surface area contributed by atoms with Gasteiger partial charge in [-0.25, -0.2) is 4.79 Å². The number of ether oxygens (including phenoxy) is 3. The number of esters is 2. The molecule has 6 nitrogen and oxygen atoms in total. The van der Waals surface area contributed by atoms with Gasteiger partial charge in [-0.2, -0.15) is 0 Å². The Balaban J connectivity index is 0. The third kappa shape index (κ3) is 12.3. The Kier molecular flexibility index (Phi) is 19.2. The molecular formula is C44H76O6. The molecule has 0 heterocycles. The number of aromatic hydroxyl groups is 1. The highest BCUT2D eigenvalue weighted by atomic mass is 16.6. The van der Waals surface area contributed by atoms with Crippen molar-refractivity contribution in [2.75, 3.05) is 6.61 Å². The van der Waals surface area contributed by atoms with E-state index in [-0.39, 0.29) is 86.3 Å². The van der Waals surface area contributed by atoms with Crippen LogP contribution >= 0.6 is 0 Å². The van der Waals surface area contributed by atoms with E-state index in [2.05, 4.69) is 19.1 Å². The first-order valence-electron chi connectivity index (χ1n) is 16.7. The number of hydrogen-bond donors (Lipinski definition) is 1. The smallest absolute Gasteiger partial charge is 0.344 e. The normalized spacial score (nSPS) is 22.6. The van der Waals surface area contributed by atoms with Crippen LogP contribution in [0, 0.1) is 23.2 Å². The average molecular weight is 701 g/mol. The summed E-state index contributed by atoms with van der Waals surface area (Å²) in [6, 6.07) is 15.4. The van der Waals surface area contributed by atoms with Crippen LogP contribution in [-0.4, -0.2) is 34.9 Å². The van der Waals surface area contributed by atoms with Crippen molar-refractivity contribution in [3.63, 3.8) is 0 Å². The van der Waals surface area contributed by atoms with Crippen molar-refractivity contribution < 1.29 is 28.9 Å². The van der Waals surface area contributed by atoms with Crippen molar-refractivity contribution in [3.05, 3.63) is 59.7 Å². The van der Waals surface area contributed by atoms with Crippen LogP contribution in [-0.2, 0) is 19.1 Å². The van der Waals surface area contributed by atoms with Crippen LogP contribution in [0.25, 0.3) is 0 Å². The number of rotatable bonds is 12. The van der Waals surface area contributed by atoms with E-state index in [1.165, 1.54) is 24.8 Å². The van der Waals surface area contributed by atoms with Gasteiger partial charge in [0.15, 0.2) is 6.61 Å². The summed E-state index contributed by atoms with van der Waals surface area (Å²) in [5, 5.41) is 9.82. The van der Waals surface area contributed by atoms with E-state index < -0.39 is 11.0 Å². The molecule has 1 N–H and O–H groups in total. The van der Waals surface area contributed by atoms with Crippen molar-refractivity contribution in [2.45, 2.75) is 167 Å². The number of carbonyl (C=O) groups excluding carboxylic acids is 2. The summed E-state index contributed by atoms with van der Waals surface area (Å²) in [5.74, 6) is 2.90. The summed E-state index contributed by atoms with van der Waals surface area (Å²) in [6.07, 6.45) is 9.37. The zero-order valence-corrected chi connectivity index (χ0v) is 27.6. The van der Waals surface area contributed by atoms with Gasteiger partial charge in [-0.1, -0.05) is 75.7 Å². The molecule has 2 aromatic carbocycles. The van der Waals surface area contributed by atoms with Gasteiger partial charge in [-0.05, 0) is 157 Å². The molecule has 2 atom stereocenters. The standard InChI is InChI=1S/C38H52O6.6CH4/c1-7-28(29-8-12-32(39)13-9-29)19-31(23-37(5,6)35(41)44-36(2,3)4)30-10-14-33(15-11-30)42-24-34(40)43-38-20-25-16-26(21-38)18-27(17-25)22-38;;;;;;/h8-15,25-28,31,39H,7,16-24H2,1-6H3;6*1H4. The van der Waals surface area contributed by atoms with E-state index in [0.29, 0.717) is 12.2 Å². The molecule has 2 unspecified atom stereocenters. The Hall–Kier alpha value is -3.02. The highest BCUT2D eigenvalue weighted by Crippen LogP contribution is 2.57. The van der Waals surface area contributed by atoms with Crippen LogP contribution in [0.3, 0.4) is 0 Å². The van der Waals surface area contributed by atoms with Crippen LogP contribution in [0.2, 0.25) is 0 Å². The molecule has 6 heteroatoms. The van der Waals surface area contributed by atoms with Crippen molar-refractivity contribution >= 4 is 11.9 Å². The number of phenols is 1. The molecular weight excluding hydrogens is 624 g/mol. The van der Waals surface area contributed by atoms with E-state index in [1.54, 1.807) is 12.1 Å². The minimum Gasteiger partial charge on any atom is -0.508 e. The number of phenolic OH excluding ortho intramolecular Hbond substituents is 1. The molecule has 2 aromatic rings. The topological polar surface area (TPSA) is 82.1 Å². The Morgan fingerprint density at radius 1 is 0.760 bits per heavy atom. The monoisotopic (exact) mass is 701 g/mol. The molecule has 0 radical (unpaired) electrons. The quantitative estimate of drug-likeness (QED) is 0.222. The number of carbonyl (C=O) groups is 2. The van der Waals surface area contributed by atoms with E-state index in [1.807, 2.05) is 58.9 Å². The fourth-order valence-electron chi connectivity index (χ4n) is 8.49. The summed E-state index contributed by atoms with van der Waals surface area (Å²) in [5.41, 5.74) is 0.768. The fourth-order valence-corrected chi connectivity index (χ4v) is 8.49. The lowest BCUT2D eigenvalue weighted by Gasteiger charge is -2.55. The van der Waals surface area contributed by atoms with Crippen LogP contribution in [0.4, 0.5) is 0 Å². The highest BCUT2D eigenvalue weighted by molar-refractivity contribution is 5.76. The Morgan fingerprint density at radius 3 is 1.68 bits per heavy atom. The zero-order chi connectivity index (χ0) is 31.7. The molecule has 0 saturated heterocycles. The van der Waals surface area contributed by atoms with Gasteiger partial charge in [0.1, 0.15) is 22.7 Å². The molecule has 0 aromatic heterocycles. The van der Waals surface area contributed by atoms with Gasteiger partial charge < -0.3 is 19.3 Å². The van der Waals surface area contributed by atoms with Crippen LogP contribution < -0.4 is 4.74 Å². The van der Waals surface area contributed by atoms with Crippen molar-refractivity contribution in [3.8, 4) is 11.5 Å². The second-order valence-corrected chi connectivity index (χ2v) is 15.7. The second kappa shape index (κ2) is 19.6. The van der Waals surface area contributed by atoms with Gasteiger partial charge in [0, 0.05) is 0 Å². The van der Waals surface area contributed by atoms with Gasteiger partial charge in [0.25, 0.3) is 0 Å². The maximum atomic E-state index is 13.2. The third-order valence-corrected chi connectivity index (χ3v) is 10.2. The zero-order valence-electron chi connectivity index (χ0n) is 27.6. The lowest BCUT2D eigenvalue weighted by Crippen LogP contribution is -2.53. The van der Waals surface area contributed by atoms with Gasteiger partial charge >= 0.3 is 11.9 Å². The van der Waals surface area contributed by atoms with Crippen LogP contribution in [0.1, 0.15) is 167 Å². The minimum atomic E-state index is -0.693. The molecule has 6 rings (SSSR count). The Labute approximate surface area is 308 Å². The molecule has 4 aliphatic carbocycles. The molecule has 4 bridgehead atoms. The highest BCUT2D eigenvalue weighted by Gasteiger charge is 2.53. The lowest BCUT2D eigenvalue weighted by atomic mass is 9.54. The molecule has 288 valence electrons. The predicted octanol–water partition coefficient (Wildman–Crippen LogP) is 12.5. The van der Waals surface area contributed by atoms with Gasteiger partial charge in [-0.3, -0.25) is 4.79 Å². The van der Waals surface area contributed by atoms with Gasteiger partial charge in [0.05, 0.1) is 5.41 Å².